The van der Waals surface area contributed by atoms with Crippen LogP contribution in [0.25, 0.3) is 0 Å². The fraction of sp³-hybridized carbons (Fsp3) is 0.154. The number of amides is 1. The molecule has 2 rings (SSSR count). The van der Waals surface area contributed by atoms with Gasteiger partial charge in [-0.3, -0.25) is 4.79 Å². The Kier molecular flexibility index (Phi) is 4.69. The van der Waals surface area contributed by atoms with Crippen LogP contribution in [0.5, 0.6) is 0 Å². The van der Waals surface area contributed by atoms with Crippen molar-refractivity contribution in [3.8, 4) is 0 Å². The third kappa shape index (κ3) is 3.88. The number of imidazole rings is 1. The molecule has 1 aromatic carbocycles. The van der Waals surface area contributed by atoms with E-state index in [-0.39, 0.29) is 12.0 Å². The number of carbonyl (C=O) groups is 2. The first kappa shape index (κ1) is 15.2. The number of aliphatic carboxylic acids is 1. The van der Waals surface area contributed by atoms with Gasteiger partial charge >= 0.3 is 5.97 Å². The summed E-state index contributed by atoms with van der Waals surface area (Å²) in [5.41, 5.74) is 0.604. The molecule has 1 heterocycles. The number of hydrogen-bond acceptors (Lipinski definition) is 3. The topological polar surface area (TPSA) is 95.1 Å². The van der Waals surface area contributed by atoms with Gasteiger partial charge in [-0.05, 0) is 34.1 Å². The Morgan fingerprint density at radius 3 is 2.86 bits per heavy atom. The highest BCUT2D eigenvalue weighted by Crippen LogP contribution is 2.18. The molecule has 1 aromatic heterocycles. The van der Waals surface area contributed by atoms with Gasteiger partial charge in [-0.2, -0.15) is 0 Å². The quantitative estimate of drug-likeness (QED) is 0.761. The van der Waals surface area contributed by atoms with Gasteiger partial charge in [0.05, 0.1) is 11.9 Å². The van der Waals surface area contributed by atoms with E-state index in [1.54, 1.807) is 0 Å². The summed E-state index contributed by atoms with van der Waals surface area (Å²) in [5, 5.41) is 11.5. The van der Waals surface area contributed by atoms with E-state index in [0.717, 1.165) is 6.07 Å². The molecule has 8 heteroatoms. The molecule has 0 aliphatic carbocycles. The van der Waals surface area contributed by atoms with Crippen molar-refractivity contribution in [2.75, 3.05) is 0 Å². The first-order chi connectivity index (χ1) is 9.97. The average Bonchev–Trinajstić information content (AvgIpc) is 2.93. The molecule has 2 aromatic rings. The van der Waals surface area contributed by atoms with Crippen molar-refractivity contribution in [2.45, 2.75) is 12.5 Å². The number of aromatic nitrogens is 2. The number of benzene rings is 1. The molecule has 0 bridgehead atoms. The van der Waals surface area contributed by atoms with Gasteiger partial charge in [-0.1, -0.05) is 0 Å². The summed E-state index contributed by atoms with van der Waals surface area (Å²) in [5.74, 6) is -2.44. The molecule has 0 unspecified atom stereocenters. The van der Waals surface area contributed by atoms with E-state index >= 15 is 0 Å². The summed E-state index contributed by atoms with van der Waals surface area (Å²) in [4.78, 5) is 29.8. The number of aromatic amines is 1. The third-order valence-corrected chi connectivity index (χ3v) is 3.45. The summed E-state index contributed by atoms with van der Waals surface area (Å²) < 4.78 is 13.6. The van der Waals surface area contributed by atoms with Crippen LogP contribution in [0.2, 0.25) is 0 Å². The number of carboxylic acids is 1. The maximum atomic E-state index is 13.2. The van der Waals surface area contributed by atoms with Crippen molar-refractivity contribution in [1.29, 1.82) is 0 Å². The molecule has 0 spiro atoms. The Bertz CT molecular complexity index is 661. The second kappa shape index (κ2) is 6.49. The molecule has 6 nitrogen and oxygen atoms in total. The molecular formula is C13H11BrFN3O3. The second-order valence-electron chi connectivity index (χ2n) is 4.27. The number of nitrogens with one attached hydrogen (secondary N) is 2. The van der Waals surface area contributed by atoms with Gasteiger partial charge in [0.1, 0.15) is 11.9 Å². The molecule has 3 N–H and O–H groups in total. The maximum absolute atomic E-state index is 13.2. The van der Waals surface area contributed by atoms with Crippen LogP contribution in [0.4, 0.5) is 4.39 Å². The smallest absolute Gasteiger partial charge is 0.326 e. The van der Waals surface area contributed by atoms with Crippen LogP contribution < -0.4 is 5.32 Å². The van der Waals surface area contributed by atoms with Crippen LogP contribution in [0.15, 0.2) is 35.2 Å². The Hall–Kier alpha value is -2.22. The van der Waals surface area contributed by atoms with Crippen LogP contribution >= 0.6 is 15.9 Å². The molecule has 0 aliphatic rings. The summed E-state index contributed by atoms with van der Waals surface area (Å²) in [6.07, 6.45) is 2.94. The third-order valence-electron chi connectivity index (χ3n) is 2.76. The van der Waals surface area contributed by atoms with Crippen molar-refractivity contribution in [2.24, 2.45) is 0 Å². The molecule has 21 heavy (non-hydrogen) atoms. The summed E-state index contributed by atoms with van der Waals surface area (Å²) in [6.45, 7) is 0. The highest BCUT2D eigenvalue weighted by atomic mass is 79.9. The monoisotopic (exact) mass is 355 g/mol. The standard InChI is InChI=1S/C13H11BrFN3O3/c14-10-2-1-7(15)3-9(10)12(19)18-11(13(20)21)4-8-5-16-6-17-8/h1-3,5-6,11H,4H2,(H,16,17)(H,18,19)(H,20,21)/t11-/m1/s1. The van der Waals surface area contributed by atoms with Crippen LogP contribution in [-0.2, 0) is 11.2 Å². The van der Waals surface area contributed by atoms with E-state index in [9.17, 15) is 14.0 Å². The summed E-state index contributed by atoms with van der Waals surface area (Å²) in [7, 11) is 0. The van der Waals surface area contributed by atoms with Gasteiger partial charge in [-0.25, -0.2) is 14.2 Å². The van der Waals surface area contributed by atoms with Crippen LogP contribution in [-0.4, -0.2) is 33.0 Å². The van der Waals surface area contributed by atoms with E-state index < -0.39 is 23.7 Å². The number of carbonyl (C=O) groups excluding carboxylic acids is 1. The van der Waals surface area contributed by atoms with Gasteiger partial charge in [0, 0.05) is 22.8 Å². The van der Waals surface area contributed by atoms with E-state index in [4.69, 9.17) is 5.11 Å². The SMILES string of the molecule is O=C(N[C@H](Cc1cnc[nH]1)C(=O)O)c1cc(F)ccc1Br. The molecule has 0 saturated carbocycles. The normalized spacial score (nSPS) is 11.9. The average molecular weight is 356 g/mol. The van der Waals surface area contributed by atoms with E-state index in [2.05, 4.69) is 31.2 Å². The number of H-pyrrole nitrogens is 1. The zero-order valence-electron chi connectivity index (χ0n) is 10.6. The molecule has 0 fully saturated rings. The minimum atomic E-state index is -1.19. The fourth-order valence-electron chi connectivity index (χ4n) is 1.72. The lowest BCUT2D eigenvalue weighted by atomic mass is 10.1. The van der Waals surface area contributed by atoms with Crippen molar-refractivity contribution in [3.63, 3.8) is 0 Å². The van der Waals surface area contributed by atoms with Gasteiger partial charge in [0.2, 0.25) is 0 Å². The minimum Gasteiger partial charge on any atom is -0.480 e. The summed E-state index contributed by atoms with van der Waals surface area (Å²) in [6, 6.07) is 2.47. The number of rotatable bonds is 5. The molecule has 0 aliphatic heterocycles. The summed E-state index contributed by atoms with van der Waals surface area (Å²) >= 11 is 3.13. The van der Waals surface area contributed by atoms with E-state index in [0.29, 0.717) is 10.2 Å². The predicted octanol–water partition coefficient (Wildman–Crippen LogP) is 1.74. The molecule has 1 amide bonds. The number of halogens is 2. The Morgan fingerprint density at radius 2 is 2.24 bits per heavy atom. The van der Waals surface area contributed by atoms with Gasteiger partial charge in [0.15, 0.2) is 0 Å². The van der Waals surface area contributed by atoms with Gasteiger partial charge in [-0.15, -0.1) is 0 Å². The lowest BCUT2D eigenvalue weighted by molar-refractivity contribution is -0.139. The molecule has 0 saturated heterocycles. The van der Waals surface area contributed by atoms with Gasteiger partial charge < -0.3 is 15.4 Å². The largest absolute Gasteiger partial charge is 0.480 e. The number of nitrogens with zero attached hydrogens (tertiary/aromatic N) is 1. The molecule has 0 radical (unpaired) electrons. The van der Waals surface area contributed by atoms with Crippen molar-refractivity contribution in [1.82, 2.24) is 15.3 Å². The van der Waals surface area contributed by atoms with Crippen LogP contribution in [0, 0.1) is 5.82 Å². The predicted molar refractivity (Wildman–Crippen MR) is 75.3 cm³/mol. The highest BCUT2D eigenvalue weighted by Gasteiger charge is 2.23. The fourth-order valence-corrected chi connectivity index (χ4v) is 2.15. The Morgan fingerprint density at radius 1 is 1.48 bits per heavy atom. The van der Waals surface area contributed by atoms with E-state index in [1.807, 2.05) is 0 Å². The molecular weight excluding hydrogens is 345 g/mol. The Balaban J connectivity index is 2.14. The van der Waals surface area contributed by atoms with Crippen LogP contribution in [0.1, 0.15) is 16.1 Å². The van der Waals surface area contributed by atoms with Crippen LogP contribution in [0.3, 0.4) is 0 Å². The lowest BCUT2D eigenvalue weighted by Crippen LogP contribution is -2.42. The second-order valence-corrected chi connectivity index (χ2v) is 5.12. The zero-order chi connectivity index (χ0) is 15.4. The van der Waals surface area contributed by atoms with Crippen molar-refractivity contribution >= 4 is 27.8 Å². The maximum Gasteiger partial charge on any atom is 0.326 e. The lowest BCUT2D eigenvalue weighted by Gasteiger charge is -2.14. The zero-order valence-corrected chi connectivity index (χ0v) is 12.2. The Labute approximate surface area is 127 Å². The highest BCUT2D eigenvalue weighted by molar-refractivity contribution is 9.10. The van der Waals surface area contributed by atoms with E-state index in [1.165, 1.54) is 24.7 Å². The number of carboxylic acid groups (broad SMARTS) is 1. The molecule has 1 atom stereocenters. The first-order valence-corrected chi connectivity index (χ1v) is 6.72. The number of hydrogen-bond donors (Lipinski definition) is 3. The van der Waals surface area contributed by atoms with Gasteiger partial charge in [0.25, 0.3) is 5.91 Å². The molecule has 110 valence electrons. The van der Waals surface area contributed by atoms with Crippen molar-refractivity contribution < 1.29 is 19.1 Å². The first-order valence-electron chi connectivity index (χ1n) is 5.93. The minimum absolute atomic E-state index is 0.0332. The van der Waals surface area contributed by atoms with Crippen molar-refractivity contribution in [3.05, 3.63) is 52.3 Å².